The fourth-order valence-electron chi connectivity index (χ4n) is 1.85. The number of carboxylic acids is 1. The summed E-state index contributed by atoms with van der Waals surface area (Å²) in [5.74, 6) is -3.61. The van der Waals surface area contributed by atoms with Gasteiger partial charge >= 0.3 is 57.4 Å². The van der Waals surface area contributed by atoms with Crippen molar-refractivity contribution in [3.05, 3.63) is 0 Å². The Bertz CT molecular complexity index is 364. The van der Waals surface area contributed by atoms with Gasteiger partial charge < -0.3 is 19.5 Å². The molecule has 0 aliphatic carbocycles. The minimum atomic E-state index is -1.38. The van der Waals surface area contributed by atoms with Crippen LogP contribution in [0.3, 0.4) is 0 Å². The van der Waals surface area contributed by atoms with Crippen LogP contribution in [0.2, 0.25) is 0 Å². The molecule has 1 fully saturated rings. The molecule has 7 heteroatoms. The predicted octanol–water partition coefficient (Wildman–Crippen LogP) is -3.68. The Balaban J connectivity index is 0.00000324. The number of rotatable bonds is 3. The number of hydrogen-bond donors (Lipinski definition) is 0. The Morgan fingerprint density at radius 3 is 2.47 bits per heavy atom. The maximum Gasteiger partial charge on any atom is 1.00 e. The van der Waals surface area contributed by atoms with Crippen LogP contribution in [0.5, 0.6) is 0 Å². The smallest absolute Gasteiger partial charge is 0.549 e. The van der Waals surface area contributed by atoms with Gasteiger partial charge in [0.2, 0.25) is 5.91 Å². The SMILES string of the molecule is CC(C)(C)OC(=O)CN1CCCC(C(=O)[O-])C1=O.[K+]. The molecule has 6 nitrogen and oxygen atoms in total. The van der Waals surface area contributed by atoms with Crippen molar-refractivity contribution in [2.75, 3.05) is 13.1 Å². The Kier molecular flexibility index (Phi) is 7.75. The number of likely N-dealkylation sites (tertiary alicyclic amines) is 1. The van der Waals surface area contributed by atoms with E-state index in [1.165, 1.54) is 4.90 Å². The van der Waals surface area contributed by atoms with Crippen molar-refractivity contribution in [1.29, 1.82) is 0 Å². The molecule has 1 saturated heterocycles. The largest absolute Gasteiger partial charge is 1.00 e. The summed E-state index contributed by atoms with van der Waals surface area (Å²) in [5, 5.41) is 10.8. The molecule has 1 amide bonds. The second-order valence-electron chi connectivity index (χ2n) is 5.36. The standard InChI is InChI=1S/C12H19NO5.K/c1-12(2,3)18-9(14)7-13-6-4-5-8(10(13)15)11(16)17;/h8H,4-7H2,1-3H3,(H,16,17);/q;+1/p-1. The molecule has 0 aromatic rings. The van der Waals surface area contributed by atoms with Gasteiger partial charge in [0.05, 0.1) is 11.9 Å². The number of amides is 1. The van der Waals surface area contributed by atoms with E-state index in [0.29, 0.717) is 13.0 Å². The third-order valence-corrected chi connectivity index (χ3v) is 2.56. The molecule has 0 spiro atoms. The van der Waals surface area contributed by atoms with Crippen molar-refractivity contribution < 1.29 is 75.6 Å². The van der Waals surface area contributed by atoms with Gasteiger partial charge in [-0.05, 0) is 33.6 Å². The Morgan fingerprint density at radius 2 is 2.00 bits per heavy atom. The molecule has 1 aliphatic heterocycles. The van der Waals surface area contributed by atoms with Crippen molar-refractivity contribution >= 4 is 17.8 Å². The normalized spacial score (nSPS) is 19.6. The zero-order chi connectivity index (χ0) is 13.9. The van der Waals surface area contributed by atoms with Crippen molar-refractivity contribution in [2.24, 2.45) is 5.92 Å². The summed E-state index contributed by atoms with van der Waals surface area (Å²) in [5.41, 5.74) is -0.621. The zero-order valence-corrected chi connectivity index (χ0v) is 15.0. The van der Waals surface area contributed by atoms with Gasteiger partial charge in [0, 0.05) is 6.54 Å². The van der Waals surface area contributed by atoms with E-state index in [2.05, 4.69) is 0 Å². The molecule has 1 aliphatic rings. The fraction of sp³-hybridized carbons (Fsp3) is 0.750. The first-order valence-corrected chi connectivity index (χ1v) is 5.92. The second-order valence-corrected chi connectivity index (χ2v) is 5.36. The van der Waals surface area contributed by atoms with Crippen molar-refractivity contribution in [3.63, 3.8) is 0 Å². The van der Waals surface area contributed by atoms with E-state index in [1.54, 1.807) is 20.8 Å². The van der Waals surface area contributed by atoms with Gasteiger partial charge in [-0.1, -0.05) is 0 Å². The minimum Gasteiger partial charge on any atom is -0.549 e. The summed E-state index contributed by atoms with van der Waals surface area (Å²) in [6.07, 6.45) is 0.819. The summed E-state index contributed by atoms with van der Waals surface area (Å²) in [7, 11) is 0. The van der Waals surface area contributed by atoms with Gasteiger partial charge in [-0.25, -0.2) is 0 Å². The predicted molar refractivity (Wildman–Crippen MR) is 60.2 cm³/mol. The van der Waals surface area contributed by atoms with Gasteiger partial charge in [-0.2, -0.15) is 0 Å². The van der Waals surface area contributed by atoms with Crippen LogP contribution in [0.1, 0.15) is 33.6 Å². The summed E-state index contributed by atoms with van der Waals surface area (Å²) < 4.78 is 5.09. The molecule has 102 valence electrons. The fourth-order valence-corrected chi connectivity index (χ4v) is 1.85. The van der Waals surface area contributed by atoms with Gasteiger partial charge in [-0.15, -0.1) is 0 Å². The van der Waals surface area contributed by atoms with Crippen molar-refractivity contribution in [3.8, 4) is 0 Å². The van der Waals surface area contributed by atoms with Crippen molar-refractivity contribution in [1.82, 2.24) is 4.90 Å². The first-order valence-electron chi connectivity index (χ1n) is 5.92. The van der Waals surface area contributed by atoms with Crippen LogP contribution in [0.4, 0.5) is 0 Å². The zero-order valence-electron chi connectivity index (χ0n) is 11.9. The number of aliphatic carboxylic acids is 1. The van der Waals surface area contributed by atoms with Crippen LogP contribution in [0.15, 0.2) is 0 Å². The van der Waals surface area contributed by atoms with Crippen LogP contribution < -0.4 is 56.5 Å². The minimum absolute atomic E-state index is 0. The molecule has 0 N–H and O–H groups in total. The maximum atomic E-state index is 11.8. The Hall–Kier alpha value is 0.0464. The van der Waals surface area contributed by atoms with Gasteiger partial charge in [0.15, 0.2) is 0 Å². The number of nitrogens with zero attached hydrogens (tertiary/aromatic N) is 1. The van der Waals surface area contributed by atoms with Crippen LogP contribution in [0.25, 0.3) is 0 Å². The summed E-state index contributed by atoms with van der Waals surface area (Å²) in [6, 6.07) is 0. The van der Waals surface area contributed by atoms with Crippen LogP contribution in [-0.4, -0.2) is 41.4 Å². The molecule has 1 atom stereocenters. The Labute approximate surface area is 155 Å². The molecule has 19 heavy (non-hydrogen) atoms. The quantitative estimate of drug-likeness (QED) is 0.304. The van der Waals surface area contributed by atoms with E-state index in [0.717, 1.165) is 0 Å². The molecular weight excluding hydrogens is 277 g/mol. The van der Waals surface area contributed by atoms with Gasteiger partial charge in [-0.3, -0.25) is 9.59 Å². The maximum absolute atomic E-state index is 11.8. The number of ether oxygens (including phenoxy) is 1. The first kappa shape index (κ1) is 19.0. The summed E-state index contributed by atoms with van der Waals surface area (Å²) in [4.78, 5) is 35.3. The molecule has 1 heterocycles. The monoisotopic (exact) mass is 295 g/mol. The van der Waals surface area contributed by atoms with E-state index in [9.17, 15) is 19.5 Å². The van der Waals surface area contributed by atoms with Gasteiger partial charge in [0.1, 0.15) is 12.1 Å². The van der Waals surface area contributed by atoms with Crippen LogP contribution in [-0.2, 0) is 19.1 Å². The number of esters is 1. The number of hydrogen-bond acceptors (Lipinski definition) is 5. The second kappa shape index (κ2) is 7.73. The average Bonchev–Trinajstić information content (AvgIpc) is 2.17. The van der Waals surface area contributed by atoms with Crippen molar-refractivity contribution in [2.45, 2.75) is 39.2 Å². The first-order chi connectivity index (χ1) is 8.20. The van der Waals surface area contributed by atoms with Gasteiger partial charge in [0.25, 0.3) is 0 Å². The third kappa shape index (κ3) is 6.35. The number of piperidine rings is 1. The number of carbonyl (C=O) groups is 3. The number of carboxylic acid groups (broad SMARTS) is 1. The molecule has 0 aromatic carbocycles. The van der Waals surface area contributed by atoms with E-state index >= 15 is 0 Å². The summed E-state index contributed by atoms with van der Waals surface area (Å²) in [6.45, 7) is 5.36. The average molecular weight is 295 g/mol. The summed E-state index contributed by atoms with van der Waals surface area (Å²) >= 11 is 0. The molecule has 0 saturated carbocycles. The Morgan fingerprint density at radius 1 is 1.42 bits per heavy atom. The van der Waals surface area contributed by atoms with Crippen LogP contribution >= 0.6 is 0 Å². The number of carbonyl (C=O) groups excluding carboxylic acids is 3. The molecule has 0 bridgehead atoms. The molecule has 1 rings (SSSR count). The van der Waals surface area contributed by atoms with E-state index in [-0.39, 0.29) is 64.4 Å². The molecule has 1 unspecified atom stereocenters. The third-order valence-electron chi connectivity index (χ3n) is 2.56. The molecule has 0 radical (unpaired) electrons. The topological polar surface area (TPSA) is 86.7 Å². The van der Waals surface area contributed by atoms with Crippen LogP contribution in [0, 0.1) is 5.92 Å². The van der Waals surface area contributed by atoms with E-state index in [4.69, 9.17) is 4.74 Å². The molecular formula is C12H18KNO5. The molecule has 0 aromatic heterocycles. The van der Waals surface area contributed by atoms with E-state index < -0.39 is 29.4 Å². The van der Waals surface area contributed by atoms with E-state index in [1.807, 2.05) is 0 Å².